The Morgan fingerprint density at radius 1 is 1.26 bits per heavy atom. The summed E-state index contributed by atoms with van der Waals surface area (Å²) in [6.07, 6.45) is 5.86. The van der Waals surface area contributed by atoms with Gasteiger partial charge in [-0.2, -0.15) is 5.26 Å². The Morgan fingerprint density at radius 3 is 2.83 bits per heavy atom. The van der Waals surface area contributed by atoms with E-state index < -0.39 is 11.8 Å². The normalized spacial score (nSPS) is 19.7. The average molecular weight is 333 g/mol. The van der Waals surface area contributed by atoms with Crippen LogP contribution in [0.4, 0.5) is 5.00 Å². The van der Waals surface area contributed by atoms with Crippen molar-refractivity contribution in [2.75, 3.05) is 18.5 Å². The minimum absolute atomic E-state index is 0.00419. The third-order valence-corrected chi connectivity index (χ3v) is 5.44. The molecule has 1 aliphatic carbocycles. The van der Waals surface area contributed by atoms with E-state index in [1.807, 2.05) is 0 Å². The lowest BCUT2D eigenvalue weighted by Gasteiger charge is -2.10. The molecule has 0 radical (unpaired) electrons. The topological polar surface area (TPSA) is 91.2 Å². The molecule has 1 atom stereocenters. The molecule has 23 heavy (non-hydrogen) atoms. The highest BCUT2D eigenvalue weighted by Crippen LogP contribution is 2.37. The van der Waals surface area contributed by atoms with E-state index >= 15 is 0 Å². The third-order valence-electron chi connectivity index (χ3n) is 4.23. The molecule has 0 bridgehead atoms. The molecular formula is C16H19N3O3S. The highest BCUT2D eigenvalue weighted by molar-refractivity contribution is 7.16. The number of nitrogens with zero attached hydrogens (tertiary/aromatic N) is 1. The van der Waals surface area contributed by atoms with Crippen LogP contribution in [0.2, 0.25) is 0 Å². The molecular weight excluding hydrogens is 314 g/mol. The van der Waals surface area contributed by atoms with Crippen LogP contribution < -0.4 is 10.6 Å². The van der Waals surface area contributed by atoms with Gasteiger partial charge in [0.2, 0.25) is 0 Å². The monoisotopic (exact) mass is 333 g/mol. The molecule has 2 amide bonds. The van der Waals surface area contributed by atoms with Gasteiger partial charge >= 0.3 is 11.8 Å². The largest absolute Gasteiger partial charge is 0.376 e. The number of amides is 2. The van der Waals surface area contributed by atoms with E-state index in [2.05, 4.69) is 16.7 Å². The van der Waals surface area contributed by atoms with Crippen LogP contribution in [0.15, 0.2) is 0 Å². The Morgan fingerprint density at radius 2 is 2.09 bits per heavy atom. The third kappa shape index (κ3) is 3.54. The van der Waals surface area contributed by atoms with Gasteiger partial charge in [-0.1, -0.05) is 0 Å². The lowest BCUT2D eigenvalue weighted by Crippen LogP contribution is -2.39. The summed E-state index contributed by atoms with van der Waals surface area (Å²) in [4.78, 5) is 25.1. The van der Waals surface area contributed by atoms with Gasteiger partial charge in [-0.3, -0.25) is 9.59 Å². The number of nitrogens with one attached hydrogen (secondary N) is 2. The average Bonchev–Trinajstić information content (AvgIpc) is 3.19. The van der Waals surface area contributed by atoms with Crippen LogP contribution >= 0.6 is 11.3 Å². The highest BCUT2D eigenvalue weighted by atomic mass is 32.1. The van der Waals surface area contributed by atoms with Crippen molar-refractivity contribution in [3.63, 3.8) is 0 Å². The molecule has 1 saturated heterocycles. The fourth-order valence-electron chi connectivity index (χ4n) is 3.02. The first-order chi connectivity index (χ1) is 11.2. The number of carbonyl (C=O) groups excluding carboxylic acids is 2. The Balaban J connectivity index is 1.62. The molecule has 2 aliphatic rings. The van der Waals surface area contributed by atoms with Crippen LogP contribution in [0, 0.1) is 11.3 Å². The van der Waals surface area contributed by atoms with Gasteiger partial charge < -0.3 is 15.4 Å². The molecule has 0 saturated carbocycles. The van der Waals surface area contributed by atoms with Crippen LogP contribution in [0.25, 0.3) is 0 Å². The van der Waals surface area contributed by atoms with Gasteiger partial charge in [0.15, 0.2) is 0 Å². The zero-order chi connectivity index (χ0) is 16.2. The van der Waals surface area contributed by atoms with E-state index in [9.17, 15) is 14.9 Å². The lowest BCUT2D eigenvalue weighted by molar-refractivity contribution is -0.136. The summed E-state index contributed by atoms with van der Waals surface area (Å²) in [5.74, 6) is -1.41. The number of fused-ring (bicyclic) bond motifs is 1. The maximum Gasteiger partial charge on any atom is 0.314 e. The number of ether oxygens (including phenoxy) is 1. The zero-order valence-electron chi connectivity index (χ0n) is 12.8. The number of nitriles is 1. The molecule has 1 fully saturated rings. The molecule has 0 spiro atoms. The molecule has 1 aromatic rings. The zero-order valence-corrected chi connectivity index (χ0v) is 13.6. The van der Waals surface area contributed by atoms with E-state index in [0.717, 1.165) is 49.0 Å². The van der Waals surface area contributed by atoms with Gasteiger partial charge in [-0.15, -0.1) is 11.3 Å². The van der Waals surface area contributed by atoms with E-state index in [4.69, 9.17) is 4.74 Å². The fraction of sp³-hybridized carbons (Fsp3) is 0.562. The summed E-state index contributed by atoms with van der Waals surface area (Å²) in [6.45, 7) is 1.05. The Bertz CT molecular complexity index is 656. The van der Waals surface area contributed by atoms with E-state index in [-0.39, 0.29) is 6.10 Å². The lowest BCUT2D eigenvalue weighted by atomic mass is 9.96. The van der Waals surface area contributed by atoms with Crippen molar-refractivity contribution in [3.8, 4) is 6.07 Å². The van der Waals surface area contributed by atoms with Gasteiger partial charge in [0.25, 0.3) is 0 Å². The van der Waals surface area contributed by atoms with Gasteiger partial charge in [0, 0.05) is 18.0 Å². The summed E-state index contributed by atoms with van der Waals surface area (Å²) < 4.78 is 5.41. The minimum Gasteiger partial charge on any atom is -0.376 e. The Labute approximate surface area is 138 Å². The number of carbonyl (C=O) groups is 2. The first kappa shape index (κ1) is 16.0. The molecule has 0 aromatic carbocycles. The second kappa shape index (κ2) is 7.11. The summed E-state index contributed by atoms with van der Waals surface area (Å²) in [7, 11) is 0. The van der Waals surface area contributed by atoms with Crippen LogP contribution in [-0.4, -0.2) is 31.1 Å². The van der Waals surface area contributed by atoms with Crippen molar-refractivity contribution in [1.82, 2.24) is 5.32 Å². The smallest absolute Gasteiger partial charge is 0.314 e. The van der Waals surface area contributed by atoms with Crippen LogP contribution in [-0.2, 0) is 27.2 Å². The number of hydrogen-bond acceptors (Lipinski definition) is 5. The quantitative estimate of drug-likeness (QED) is 0.824. The summed E-state index contributed by atoms with van der Waals surface area (Å²) in [6, 6.07) is 2.17. The molecule has 7 heteroatoms. The number of anilines is 1. The predicted molar refractivity (Wildman–Crippen MR) is 86.3 cm³/mol. The van der Waals surface area contributed by atoms with Crippen LogP contribution in [0.3, 0.4) is 0 Å². The highest BCUT2D eigenvalue weighted by Gasteiger charge is 2.24. The number of aryl methyl sites for hydroxylation is 1. The summed E-state index contributed by atoms with van der Waals surface area (Å²) >= 11 is 1.42. The summed E-state index contributed by atoms with van der Waals surface area (Å²) in [5.41, 5.74) is 1.56. The maximum atomic E-state index is 12.0. The molecule has 3 rings (SSSR count). The van der Waals surface area contributed by atoms with Crippen molar-refractivity contribution in [2.24, 2.45) is 0 Å². The molecule has 2 heterocycles. The fourth-order valence-corrected chi connectivity index (χ4v) is 4.26. The number of thiophene rings is 1. The Kier molecular flexibility index (Phi) is 4.94. The molecule has 122 valence electrons. The second-order valence-electron chi connectivity index (χ2n) is 5.83. The molecule has 1 aliphatic heterocycles. The summed E-state index contributed by atoms with van der Waals surface area (Å²) in [5, 5.41) is 15.0. The molecule has 6 nitrogen and oxygen atoms in total. The van der Waals surface area contributed by atoms with E-state index in [1.54, 1.807) is 0 Å². The maximum absolute atomic E-state index is 12.0. The van der Waals surface area contributed by atoms with Crippen LogP contribution in [0.1, 0.15) is 41.7 Å². The molecule has 2 N–H and O–H groups in total. The predicted octanol–water partition coefficient (Wildman–Crippen LogP) is 1.73. The minimum atomic E-state index is -0.724. The van der Waals surface area contributed by atoms with Crippen LogP contribution in [0.5, 0.6) is 0 Å². The molecule has 1 aromatic heterocycles. The van der Waals surface area contributed by atoms with E-state index in [0.29, 0.717) is 23.7 Å². The van der Waals surface area contributed by atoms with Crippen molar-refractivity contribution in [3.05, 3.63) is 16.0 Å². The van der Waals surface area contributed by atoms with Gasteiger partial charge in [0.1, 0.15) is 11.1 Å². The van der Waals surface area contributed by atoms with Crippen molar-refractivity contribution >= 4 is 28.2 Å². The number of rotatable bonds is 3. The van der Waals surface area contributed by atoms with Gasteiger partial charge in [0.05, 0.1) is 11.7 Å². The first-order valence-corrected chi connectivity index (χ1v) is 8.76. The van der Waals surface area contributed by atoms with Crippen molar-refractivity contribution < 1.29 is 14.3 Å². The van der Waals surface area contributed by atoms with E-state index in [1.165, 1.54) is 11.3 Å². The Hall–Kier alpha value is -1.91. The van der Waals surface area contributed by atoms with Crippen molar-refractivity contribution in [2.45, 2.75) is 44.6 Å². The molecule has 1 unspecified atom stereocenters. The standard InChI is InChI=1S/C16H19N3O3S/c17-8-12-11-5-1-2-6-13(11)23-16(12)19-15(21)14(20)18-9-10-4-3-7-22-10/h10H,1-7,9H2,(H,18,20)(H,19,21). The first-order valence-electron chi connectivity index (χ1n) is 7.94. The van der Waals surface area contributed by atoms with Gasteiger partial charge in [-0.25, -0.2) is 0 Å². The van der Waals surface area contributed by atoms with Gasteiger partial charge in [-0.05, 0) is 44.1 Å². The number of hydrogen-bond donors (Lipinski definition) is 2. The second-order valence-corrected chi connectivity index (χ2v) is 6.93. The van der Waals surface area contributed by atoms with Crippen molar-refractivity contribution in [1.29, 1.82) is 5.26 Å². The SMILES string of the molecule is N#Cc1c(NC(=O)C(=O)NCC2CCCO2)sc2c1CCCC2.